The molecule has 0 radical (unpaired) electrons. The summed E-state index contributed by atoms with van der Waals surface area (Å²) >= 11 is 1.79. The first-order valence-corrected chi connectivity index (χ1v) is 6.54. The zero-order chi connectivity index (χ0) is 12.7. The molecule has 4 N–H and O–H groups in total. The first-order chi connectivity index (χ1) is 8.11. The number of carboxylic acid groups (broad SMARTS) is 1. The van der Waals surface area contributed by atoms with Crippen LogP contribution in [0.5, 0.6) is 0 Å². The van der Waals surface area contributed by atoms with Gasteiger partial charge in [-0.25, -0.2) is 0 Å². The molecule has 0 aliphatic carbocycles. The predicted octanol–water partition coefficient (Wildman–Crippen LogP) is 2.01. The number of carbonyl (C=O) groups is 1. The molecule has 4 nitrogen and oxygen atoms in total. The average Bonchev–Trinajstić information content (AvgIpc) is 2.28. The summed E-state index contributed by atoms with van der Waals surface area (Å²) in [5.74, 6) is 0.185. The summed E-state index contributed by atoms with van der Waals surface area (Å²) in [6.45, 7) is 2.58. The second-order valence-electron chi connectivity index (χ2n) is 3.70. The Hall–Kier alpha value is -1.20. The van der Waals surface area contributed by atoms with Crippen molar-refractivity contribution in [2.45, 2.75) is 24.3 Å². The van der Waals surface area contributed by atoms with Gasteiger partial charge in [-0.3, -0.25) is 4.79 Å². The summed E-state index contributed by atoms with van der Waals surface area (Å²) in [6, 6.07) is 7.67. The third-order valence-electron chi connectivity index (χ3n) is 2.17. The van der Waals surface area contributed by atoms with Crippen molar-refractivity contribution in [2.75, 3.05) is 17.6 Å². The van der Waals surface area contributed by atoms with Gasteiger partial charge >= 0.3 is 5.97 Å². The highest BCUT2D eigenvalue weighted by Crippen LogP contribution is 2.19. The molecule has 0 fully saturated rings. The second-order valence-corrected chi connectivity index (χ2v) is 5.03. The van der Waals surface area contributed by atoms with Gasteiger partial charge in [0.2, 0.25) is 0 Å². The third kappa shape index (κ3) is 5.60. The highest BCUT2D eigenvalue weighted by Gasteiger charge is 2.07. The van der Waals surface area contributed by atoms with Gasteiger partial charge in [-0.05, 0) is 30.0 Å². The Morgan fingerprint density at radius 2 is 2.12 bits per heavy atom. The second kappa shape index (κ2) is 7.19. The summed E-state index contributed by atoms with van der Waals surface area (Å²) in [5.41, 5.74) is 6.62. The maximum atomic E-state index is 10.4. The van der Waals surface area contributed by atoms with Gasteiger partial charge in [-0.1, -0.05) is 6.92 Å². The number of hydrogen-bond donors (Lipinski definition) is 3. The number of thioether (sulfide) groups is 1. The Morgan fingerprint density at radius 3 is 2.65 bits per heavy atom. The van der Waals surface area contributed by atoms with Crippen molar-refractivity contribution in [2.24, 2.45) is 5.73 Å². The van der Waals surface area contributed by atoms with E-state index in [9.17, 15) is 4.79 Å². The Morgan fingerprint density at radius 1 is 1.47 bits per heavy atom. The fourth-order valence-corrected chi connectivity index (χ4v) is 2.04. The SMILES string of the molecule is CCSc1ccc(NCC(N)CC(=O)O)cc1. The van der Waals surface area contributed by atoms with Crippen LogP contribution in [0.2, 0.25) is 0 Å². The predicted molar refractivity (Wildman–Crippen MR) is 71.6 cm³/mol. The molecule has 0 saturated carbocycles. The lowest BCUT2D eigenvalue weighted by atomic mass is 10.2. The molecule has 0 bridgehead atoms. The van der Waals surface area contributed by atoms with E-state index in [4.69, 9.17) is 10.8 Å². The molecular weight excluding hydrogens is 236 g/mol. The first-order valence-electron chi connectivity index (χ1n) is 5.56. The summed E-state index contributed by atoms with van der Waals surface area (Å²) in [5, 5.41) is 11.7. The Bertz CT molecular complexity index is 354. The van der Waals surface area contributed by atoms with Crippen LogP contribution in [0.3, 0.4) is 0 Å². The average molecular weight is 254 g/mol. The summed E-state index contributed by atoms with van der Waals surface area (Å²) < 4.78 is 0. The van der Waals surface area contributed by atoms with Gasteiger partial charge < -0.3 is 16.2 Å². The van der Waals surface area contributed by atoms with E-state index in [0.29, 0.717) is 6.54 Å². The van der Waals surface area contributed by atoms with E-state index in [1.807, 2.05) is 24.3 Å². The van der Waals surface area contributed by atoms with E-state index >= 15 is 0 Å². The molecular formula is C12H18N2O2S. The van der Waals surface area contributed by atoms with Gasteiger partial charge in [0.25, 0.3) is 0 Å². The van der Waals surface area contributed by atoms with Crippen molar-refractivity contribution in [3.63, 3.8) is 0 Å². The van der Waals surface area contributed by atoms with E-state index in [0.717, 1.165) is 11.4 Å². The van der Waals surface area contributed by atoms with Crippen molar-refractivity contribution in [1.82, 2.24) is 0 Å². The molecule has 0 aromatic heterocycles. The molecule has 94 valence electrons. The molecule has 17 heavy (non-hydrogen) atoms. The van der Waals surface area contributed by atoms with E-state index in [1.54, 1.807) is 11.8 Å². The minimum absolute atomic E-state index is 0.0171. The fourth-order valence-electron chi connectivity index (χ4n) is 1.38. The van der Waals surface area contributed by atoms with Crippen molar-refractivity contribution in [3.8, 4) is 0 Å². The van der Waals surface area contributed by atoms with E-state index in [1.165, 1.54) is 4.90 Å². The van der Waals surface area contributed by atoms with Crippen LogP contribution < -0.4 is 11.1 Å². The molecule has 0 aliphatic rings. The number of rotatable bonds is 7. The first kappa shape index (κ1) is 13.9. The number of anilines is 1. The highest BCUT2D eigenvalue weighted by molar-refractivity contribution is 7.99. The smallest absolute Gasteiger partial charge is 0.304 e. The van der Waals surface area contributed by atoms with E-state index < -0.39 is 5.97 Å². The normalized spacial score (nSPS) is 12.1. The quantitative estimate of drug-likeness (QED) is 0.649. The number of benzene rings is 1. The van der Waals surface area contributed by atoms with Gasteiger partial charge in [0, 0.05) is 23.2 Å². The van der Waals surface area contributed by atoms with Crippen LogP contribution in [0.25, 0.3) is 0 Å². The topological polar surface area (TPSA) is 75.3 Å². The highest BCUT2D eigenvalue weighted by atomic mass is 32.2. The number of carboxylic acids is 1. The maximum absolute atomic E-state index is 10.4. The Balaban J connectivity index is 2.38. The molecule has 1 rings (SSSR count). The molecule has 1 aromatic rings. The molecule has 1 atom stereocenters. The zero-order valence-corrected chi connectivity index (χ0v) is 10.7. The molecule has 0 heterocycles. The third-order valence-corrected chi connectivity index (χ3v) is 3.06. The minimum Gasteiger partial charge on any atom is -0.481 e. The molecule has 0 amide bonds. The van der Waals surface area contributed by atoms with Gasteiger partial charge in [0.05, 0.1) is 6.42 Å². The van der Waals surface area contributed by atoms with Crippen LogP contribution >= 0.6 is 11.8 Å². The number of nitrogens with one attached hydrogen (secondary N) is 1. The van der Waals surface area contributed by atoms with Gasteiger partial charge in [-0.2, -0.15) is 0 Å². The lowest BCUT2D eigenvalue weighted by Crippen LogP contribution is -2.31. The van der Waals surface area contributed by atoms with Gasteiger partial charge in [-0.15, -0.1) is 11.8 Å². The van der Waals surface area contributed by atoms with Crippen LogP contribution in [0.1, 0.15) is 13.3 Å². The zero-order valence-electron chi connectivity index (χ0n) is 9.85. The lowest BCUT2D eigenvalue weighted by Gasteiger charge is -2.11. The number of nitrogens with two attached hydrogens (primary N) is 1. The minimum atomic E-state index is -0.867. The fraction of sp³-hybridized carbons (Fsp3) is 0.417. The molecule has 0 spiro atoms. The molecule has 0 saturated heterocycles. The maximum Gasteiger partial charge on any atom is 0.304 e. The van der Waals surface area contributed by atoms with E-state index in [2.05, 4.69) is 12.2 Å². The molecule has 5 heteroatoms. The van der Waals surface area contributed by atoms with Crippen LogP contribution in [-0.2, 0) is 4.79 Å². The summed E-state index contributed by atoms with van der Waals surface area (Å²) in [4.78, 5) is 11.7. The van der Waals surface area contributed by atoms with Crippen LogP contribution in [0, 0.1) is 0 Å². The molecule has 0 aliphatic heterocycles. The number of hydrogen-bond acceptors (Lipinski definition) is 4. The lowest BCUT2D eigenvalue weighted by molar-refractivity contribution is -0.137. The Labute approximate surface area is 106 Å². The van der Waals surface area contributed by atoms with Crippen LogP contribution in [0.4, 0.5) is 5.69 Å². The largest absolute Gasteiger partial charge is 0.481 e. The van der Waals surface area contributed by atoms with Crippen molar-refractivity contribution < 1.29 is 9.90 Å². The van der Waals surface area contributed by atoms with E-state index in [-0.39, 0.29) is 12.5 Å². The summed E-state index contributed by atoms with van der Waals surface area (Å²) in [6.07, 6.45) is -0.0171. The standard InChI is InChI=1S/C12H18N2O2S/c1-2-17-11-5-3-10(4-6-11)14-8-9(13)7-12(15)16/h3-6,9,14H,2,7-8,13H2,1H3,(H,15,16). The van der Waals surface area contributed by atoms with Gasteiger partial charge in [0.15, 0.2) is 0 Å². The molecule has 1 aromatic carbocycles. The van der Waals surface area contributed by atoms with Crippen LogP contribution in [-0.4, -0.2) is 29.4 Å². The summed E-state index contributed by atoms with van der Waals surface area (Å²) in [7, 11) is 0. The van der Waals surface area contributed by atoms with Gasteiger partial charge in [0.1, 0.15) is 0 Å². The van der Waals surface area contributed by atoms with Crippen molar-refractivity contribution >= 4 is 23.4 Å². The van der Waals surface area contributed by atoms with Crippen molar-refractivity contribution in [1.29, 1.82) is 0 Å². The number of aliphatic carboxylic acids is 1. The monoisotopic (exact) mass is 254 g/mol. The van der Waals surface area contributed by atoms with Crippen LogP contribution in [0.15, 0.2) is 29.2 Å². The Kier molecular flexibility index (Phi) is 5.86. The molecule has 1 unspecified atom stereocenters. The van der Waals surface area contributed by atoms with Crippen molar-refractivity contribution in [3.05, 3.63) is 24.3 Å².